The van der Waals surface area contributed by atoms with E-state index in [0.29, 0.717) is 11.4 Å². The van der Waals surface area contributed by atoms with Crippen molar-refractivity contribution < 1.29 is 4.74 Å². The van der Waals surface area contributed by atoms with Gasteiger partial charge >= 0.3 is 0 Å². The summed E-state index contributed by atoms with van der Waals surface area (Å²) >= 11 is 1.67. The maximum absolute atomic E-state index is 5.74. The summed E-state index contributed by atoms with van der Waals surface area (Å²) in [5.74, 6) is 0.698. The van der Waals surface area contributed by atoms with Gasteiger partial charge in [-0.3, -0.25) is 0 Å². The standard InChI is InChI=1S/C12H15N3OS/c1-16-11-8-9(2-3-10(11)13)14-5-4-12-15-6-7-17-12/h2-3,6-8,14H,4-5,13H2,1H3. The second-order valence-electron chi connectivity index (χ2n) is 3.56. The van der Waals surface area contributed by atoms with Gasteiger partial charge in [-0.15, -0.1) is 11.3 Å². The van der Waals surface area contributed by atoms with E-state index >= 15 is 0 Å². The lowest BCUT2D eigenvalue weighted by Gasteiger charge is -2.09. The summed E-state index contributed by atoms with van der Waals surface area (Å²) in [4.78, 5) is 4.23. The fourth-order valence-electron chi connectivity index (χ4n) is 1.51. The fraction of sp³-hybridized carbons (Fsp3) is 0.250. The number of thiazole rings is 1. The quantitative estimate of drug-likeness (QED) is 0.799. The molecule has 0 radical (unpaired) electrons. The minimum atomic E-state index is 0.651. The largest absolute Gasteiger partial charge is 0.495 e. The third-order valence-corrected chi connectivity index (χ3v) is 3.22. The minimum absolute atomic E-state index is 0.651. The summed E-state index contributed by atoms with van der Waals surface area (Å²) in [6.07, 6.45) is 2.75. The van der Waals surface area contributed by atoms with Crippen LogP contribution < -0.4 is 15.8 Å². The zero-order valence-electron chi connectivity index (χ0n) is 9.64. The van der Waals surface area contributed by atoms with Gasteiger partial charge in [0.1, 0.15) is 5.75 Å². The number of methoxy groups -OCH3 is 1. The molecule has 0 unspecified atom stereocenters. The van der Waals surface area contributed by atoms with Crippen molar-refractivity contribution in [1.29, 1.82) is 0 Å². The number of nitrogens with two attached hydrogens (primary N) is 1. The van der Waals surface area contributed by atoms with Crippen molar-refractivity contribution in [3.8, 4) is 5.75 Å². The monoisotopic (exact) mass is 249 g/mol. The maximum atomic E-state index is 5.74. The van der Waals surface area contributed by atoms with Crippen LogP contribution in [-0.4, -0.2) is 18.6 Å². The SMILES string of the molecule is COc1cc(NCCc2nccs2)ccc1N. The van der Waals surface area contributed by atoms with Crippen molar-refractivity contribution in [2.75, 3.05) is 24.7 Å². The molecule has 0 aliphatic carbocycles. The third-order valence-electron chi connectivity index (χ3n) is 2.38. The van der Waals surface area contributed by atoms with E-state index in [4.69, 9.17) is 10.5 Å². The number of hydrogen-bond donors (Lipinski definition) is 2. The Morgan fingerprint density at radius 1 is 1.47 bits per heavy atom. The first-order valence-electron chi connectivity index (χ1n) is 5.35. The highest BCUT2D eigenvalue weighted by atomic mass is 32.1. The molecule has 0 atom stereocenters. The molecule has 0 aliphatic heterocycles. The smallest absolute Gasteiger partial charge is 0.143 e. The molecule has 3 N–H and O–H groups in total. The molecule has 1 aromatic carbocycles. The number of nitrogens with zero attached hydrogens (tertiary/aromatic N) is 1. The van der Waals surface area contributed by atoms with Crippen LogP contribution in [0.2, 0.25) is 0 Å². The molecule has 0 spiro atoms. The number of hydrogen-bond acceptors (Lipinski definition) is 5. The molecular weight excluding hydrogens is 234 g/mol. The van der Waals surface area contributed by atoms with Gasteiger partial charge in [-0.25, -0.2) is 4.98 Å². The van der Waals surface area contributed by atoms with E-state index in [1.54, 1.807) is 18.4 Å². The second-order valence-corrected chi connectivity index (χ2v) is 4.54. The van der Waals surface area contributed by atoms with E-state index in [2.05, 4.69) is 10.3 Å². The van der Waals surface area contributed by atoms with E-state index < -0.39 is 0 Å². The van der Waals surface area contributed by atoms with Crippen molar-refractivity contribution in [3.63, 3.8) is 0 Å². The average Bonchev–Trinajstić information content (AvgIpc) is 2.84. The van der Waals surface area contributed by atoms with Gasteiger partial charge in [-0.2, -0.15) is 0 Å². The summed E-state index contributed by atoms with van der Waals surface area (Å²) in [7, 11) is 1.62. The van der Waals surface area contributed by atoms with Crippen LogP contribution in [0.1, 0.15) is 5.01 Å². The lowest BCUT2D eigenvalue weighted by atomic mass is 10.2. The normalized spacial score (nSPS) is 10.2. The maximum Gasteiger partial charge on any atom is 0.143 e. The number of nitrogen functional groups attached to an aromatic ring is 1. The fourth-order valence-corrected chi connectivity index (χ4v) is 2.13. The lowest BCUT2D eigenvalue weighted by molar-refractivity contribution is 0.417. The Morgan fingerprint density at radius 2 is 2.35 bits per heavy atom. The second kappa shape index (κ2) is 5.54. The first-order chi connectivity index (χ1) is 8.29. The first-order valence-corrected chi connectivity index (χ1v) is 6.23. The number of rotatable bonds is 5. The molecule has 0 bridgehead atoms. The molecule has 90 valence electrons. The highest BCUT2D eigenvalue weighted by molar-refractivity contribution is 7.09. The van der Waals surface area contributed by atoms with Crippen LogP contribution in [0.4, 0.5) is 11.4 Å². The highest BCUT2D eigenvalue weighted by Crippen LogP contribution is 2.24. The van der Waals surface area contributed by atoms with Gasteiger partial charge in [0.05, 0.1) is 17.8 Å². The summed E-state index contributed by atoms with van der Waals surface area (Å²) in [6.45, 7) is 0.848. The van der Waals surface area contributed by atoms with E-state index in [9.17, 15) is 0 Å². The molecule has 5 heteroatoms. The van der Waals surface area contributed by atoms with Gasteiger partial charge in [0.25, 0.3) is 0 Å². The van der Waals surface area contributed by atoms with Crippen molar-refractivity contribution in [2.45, 2.75) is 6.42 Å². The van der Waals surface area contributed by atoms with Gasteiger partial charge in [0, 0.05) is 36.3 Å². The van der Waals surface area contributed by atoms with Crippen LogP contribution in [0, 0.1) is 0 Å². The average molecular weight is 249 g/mol. The number of anilines is 2. The number of aromatic nitrogens is 1. The number of nitrogens with one attached hydrogen (secondary N) is 1. The van der Waals surface area contributed by atoms with Crippen molar-refractivity contribution in [1.82, 2.24) is 4.98 Å². The van der Waals surface area contributed by atoms with Gasteiger partial charge in [-0.05, 0) is 12.1 Å². The molecule has 0 aliphatic rings. The predicted molar refractivity (Wildman–Crippen MR) is 71.7 cm³/mol. The highest BCUT2D eigenvalue weighted by Gasteiger charge is 2.01. The van der Waals surface area contributed by atoms with Crippen LogP contribution >= 0.6 is 11.3 Å². The molecule has 1 heterocycles. The van der Waals surface area contributed by atoms with E-state index in [-0.39, 0.29) is 0 Å². The van der Waals surface area contributed by atoms with Gasteiger partial charge < -0.3 is 15.8 Å². The van der Waals surface area contributed by atoms with Crippen LogP contribution in [0.25, 0.3) is 0 Å². The summed E-state index contributed by atoms with van der Waals surface area (Å²) in [6, 6.07) is 5.68. The third kappa shape index (κ3) is 3.10. The first kappa shape index (κ1) is 11.7. The summed E-state index contributed by atoms with van der Waals surface area (Å²) in [5.41, 5.74) is 7.40. The molecule has 0 fully saturated rings. The molecule has 2 rings (SSSR count). The molecule has 4 nitrogen and oxygen atoms in total. The Balaban J connectivity index is 1.90. The van der Waals surface area contributed by atoms with Crippen LogP contribution in [0.3, 0.4) is 0 Å². The molecule has 2 aromatic rings. The Kier molecular flexibility index (Phi) is 3.82. The molecule has 0 amide bonds. The van der Waals surface area contributed by atoms with Gasteiger partial charge in [0.15, 0.2) is 0 Å². The van der Waals surface area contributed by atoms with Crippen molar-refractivity contribution in [2.24, 2.45) is 0 Å². The van der Waals surface area contributed by atoms with Crippen molar-refractivity contribution >= 4 is 22.7 Å². The van der Waals surface area contributed by atoms with Crippen LogP contribution in [0.5, 0.6) is 5.75 Å². The van der Waals surface area contributed by atoms with E-state index in [1.165, 1.54) is 0 Å². The zero-order chi connectivity index (χ0) is 12.1. The molecule has 0 saturated heterocycles. The number of ether oxygens (including phenoxy) is 1. The Labute approximate surface area is 104 Å². The van der Waals surface area contributed by atoms with Crippen molar-refractivity contribution in [3.05, 3.63) is 34.8 Å². The van der Waals surface area contributed by atoms with E-state index in [1.807, 2.05) is 29.8 Å². The minimum Gasteiger partial charge on any atom is -0.495 e. The number of benzene rings is 1. The van der Waals surface area contributed by atoms with Crippen LogP contribution in [0.15, 0.2) is 29.8 Å². The summed E-state index contributed by atoms with van der Waals surface area (Å²) < 4.78 is 5.16. The zero-order valence-corrected chi connectivity index (χ0v) is 10.5. The molecular formula is C12H15N3OS. The topological polar surface area (TPSA) is 60.2 Å². The molecule has 0 saturated carbocycles. The van der Waals surface area contributed by atoms with E-state index in [0.717, 1.165) is 23.7 Å². The van der Waals surface area contributed by atoms with Gasteiger partial charge in [0.2, 0.25) is 0 Å². The Bertz CT molecular complexity index is 471. The lowest BCUT2D eigenvalue weighted by Crippen LogP contribution is -2.05. The Hall–Kier alpha value is -1.75. The van der Waals surface area contributed by atoms with Gasteiger partial charge in [-0.1, -0.05) is 0 Å². The predicted octanol–water partition coefficient (Wildman–Crippen LogP) is 2.39. The Morgan fingerprint density at radius 3 is 3.06 bits per heavy atom. The summed E-state index contributed by atoms with van der Waals surface area (Å²) in [5, 5.41) is 6.44. The molecule has 17 heavy (non-hydrogen) atoms. The molecule has 1 aromatic heterocycles. The van der Waals surface area contributed by atoms with Crippen LogP contribution in [-0.2, 0) is 6.42 Å².